The predicted molar refractivity (Wildman–Crippen MR) is 119 cm³/mol. The van der Waals surface area contributed by atoms with Gasteiger partial charge in [0.1, 0.15) is 11.4 Å². The molecule has 9 nitrogen and oxygen atoms in total. The third-order valence-electron chi connectivity index (χ3n) is 4.44. The van der Waals surface area contributed by atoms with Crippen LogP contribution in [-0.4, -0.2) is 39.9 Å². The average Bonchev–Trinajstić information content (AvgIpc) is 2.81. The monoisotopic (exact) mass is 473 g/mol. The van der Waals surface area contributed by atoms with Crippen LogP contribution in [0.2, 0.25) is 0 Å². The van der Waals surface area contributed by atoms with E-state index in [-0.39, 0.29) is 37.4 Å². The molecule has 0 radical (unpaired) electrons. The molecule has 2 aromatic heterocycles. The highest BCUT2D eigenvalue weighted by atomic mass is 19.4. The zero-order chi connectivity index (χ0) is 24.6. The number of carbonyl (C=O) groups is 2. The molecule has 1 aromatic carbocycles. The van der Waals surface area contributed by atoms with Gasteiger partial charge in [-0.1, -0.05) is 6.07 Å². The van der Waals surface area contributed by atoms with Gasteiger partial charge in [-0.15, -0.1) is 0 Å². The maximum atomic E-state index is 13.3. The molecule has 0 atom stereocenters. The van der Waals surface area contributed by atoms with Crippen molar-refractivity contribution in [3.05, 3.63) is 71.7 Å². The minimum Gasteiger partial charge on any atom is -0.368 e. The van der Waals surface area contributed by atoms with E-state index in [1.165, 1.54) is 6.92 Å². The maximum absolute atomic E-state index is 13.3. The second-order valence-corrected chi connectivity index (χ2v) is 7.07. The van der Waals surface area contributed by atoms with Crippen molar-refractivity contribution in [1.29, 1.82) is 0 Å². The Hall–Kier alpha value is -4.22. The fraction of sp³-hybridized carbons (Fsp3) is 0.227. The van der Waals surface area contributed by atoms with Gasteiger partial charge in [-0.3, -0.25) is 14.6 Å². The van der Waals surface area contributed by atoms with E-state index in [0.29, 0.717) is 17.4 Å². The summed E-state index contributed by atoms with van der Waals surface area (Å²) in [6, 6.07) is 11.7. The fourth-order valence-corrected chi connectivity index (χ4v) is 2.81. The summed E-state index contributed by atoms with van der Waals surface area (Å²) >= 11 is 0. The van der Waals surface area contributed by atoms with Crippen molar-refractivity contribution >= 4 is 29.3 Å². The summed E-state index contributed by atoms with van der Waals surface area (Å²) in [5, 5.41) is 10.6. The summed E-state index contributed by atoms with van der Waals surface area (Å²) < 4.78 is 39.9. The molecule has 0 fully saturated rings. The second-order valence-electron chi connectivity index (χ2n) is 7.07. The number of hydrogen-bond donors (Lipinski definition) is 4. The molecule has 0 unspecified atom stereocenters. The first kappa shape index (κ1) is 24.4. The van der Waals surface area contributed by atoms with Crippen molar-refractivity contribution in [3.8, 4) is 0 Å². The van der Waals surface area contributed by atoms with Crippen LogP contribution in [0.4, 0.5) is 30.6 Å². The number of benzene rings is 1. The molecule has 3 rings (SSSR count). The van der Waals surface area contributed by atoms with E-state index in [2.05, 4.69) is 36.2 Å². The molecule has 2 amide bonds. The molecule has 178 valence electrons. The molecule has 0 saturated heterocycles. The van der Waals surface area contributed by atoms with E-state index in [0.717, 1.165) is 5.69 Å². The molecule has 0 aliphatic rings. The molecule has 0 spiro atoms. The summed E-state index contributed by atoms with van der Waals surface area (Å²) in [6.07, 6.45) is -2.34. The summed E-state index contributed by atoms with van der Waals surface area (Å²) in [4.78, 5) is 35.0. The molecular weight excluding hydrogens is 451 g/mol. The number of aromatic nitrogens is 3. The van der Waals surface area contributed by atoms with E-state index < -0.39 is 17.6 Å². The molecule has 12 heteroatoms. The van der Waals surface area contributed by atoms with Crippen molar-refractivity contribution < 1.29 is 22.8 Å². The Kier molecular flexibility index (Phi) is 7.96. The van der Waals surface area contributed by atoms with Gasteiger partial charge in [0.15, 0.2) is 0 Å². The van der Waals surface area contributed by atoms with Crippen LogP contribution in [0.1, 0.15) is 28.5 Å². The SMILES string of the molecule is CC(=O)NCCNc1nc(Nc2ccc(C(=O)NCc3ccccn3)cc2)ncc1C(F)(F)F. The predicted octanol–water partition coefficient (Wildman–Crippen LogP) is 3.11. The largest absolute Gasteiger partial charge is 0.421 e. The normalized spacial score (nSPS) is 10.9. The van der Waals surface area contributed by atoms with Crippen LogP contribution in [0.3, 0.4) is 0 Å². The first-order chi connectivity index (χ1) is 16.2. The number of halogens is 3. The van der Waals surface area contributed by atoms with Crippen LogP contribution in [0.5, 0.6) is 0 Å². The first-order valence-corrected chi connectivity index (χ1v) is 10.2. The molecule has 4 N–H and O–H groups in total. The van der Waals surface area contributed by atoms with Gasteiger partial charge in [-0.2, -0.15) is 18.2 Å². The van der Waals surface area contributed by atoms with Gasteiger partial charge in [-0.05, 0) is 36.4 Å². The number of amides is 2. The molecule has 2 heterocycles. The van der Waals surface area contributed by atoms with Crippen molar-refractivity contribution in [2.45, 2.75) is 19.6 Å². The molecule has 34 heavy (non-hydrogen) atoms. The topological polar surface area (TPSA) is 121 Å². The number of anilines is 3. The minimum absolute atomic E-state index is 0.0431. The summed E-state index contributed by atoms with van der Waals surface area (Å²) in [7, 11) is 0. The molecular formula is C22H22F3N7O2. The highest BCUT2D eigenvalue weighted by Gasteiger charge is 2.35. The lowest BCUT2D eigenvalue weighted by molar-refractivity contribution is -0.137. The number of hydrogen-bond acceptors (Lipinski definition) is 7. The van der Waals surface area contributed by atoms with E-state index in [4.69, 9.17) is 0 Å². The number of rotatable bonds is 9. The molecule has 0 aliphatic heterocycles. The number of nitrogens with one attached hydrogen (secondary N) is 4. The lowest BCUT2D eigenvalue weighted by Crippen LogP contribution is -2.27. The van der Waals surface area contributed by atoms with Crippen LogP contribution < -0.4 is 21.3 Å². The number of nitrogens with zero attached hydrogens (tertiary/aromatic N) is 3. The quantitative estimate of drug-likeness (QED) is 0.353. The molecule has 0 aliphatic carbocycles. The minimum atomic E-state index is -4.65. The van der Waals surface area contributed by atoms with Crippen LogP contribution in [0.25, 0.3) is 0 Å². The Morgan fingerprint density at radius 3 is 2.38 bits per heavy atom. The Morgan fingerprint density at radius 2 is 1.74 bits per heavy atom. The van der Waals surface area contributed by atoms with Crippen molar-refractivity contribution in [1.82, 2.24) is 25.6 Å². The van der Waals surface area contributed by atoms with E-state index >= 15 is 0 Å². The van der Waals surface area contributed by atoms with E-state index in [1.54, 1.807) is 42.6 Å². The fourth-order valence-electron chi connectivity index (χ4n) is 2.81. The number of alkyl halides is 3. The molecule has 3 aromatic rings. The third kappa shape index (κ3) is 7.15. The Bertz CT molecular complexity index is 1120. The van der Waals surface area contributed by atoms with Gasteiger partial charge in [0.2, 0.25) is 11.9 Å². The van der Waals surface area contributed by atoms with Crippen molar-refractivity contribution in [2.75, 3.05) is 23.7 Å². The van der Waals surface area contributed by atoms with Gasteiger partial charge in [0.05, 0.1) is 12.2 Å². The molecule has 0 bridgehead atoms. The molecule has 0 saturated carbocycles. The average molecular weight is 473 g/mol. The smallest absolute Gasteiger partial charge is 0.368 e. The van der Waals surface area contributed by atoms with Gasteiger partial charge >= 0.3 is 6.18 Å². The zero-order valence-corrected chi connectivity index (χ0v) is 18.1. The number of pyridine rings is 1. The first-order valence-electron chi connectivity index (χ1n) is 10.2. The van der Waals surface area contributed by atoms with E-state index in [9.17, 15) is 22.8 Å². The van der Waals surface area contributed by atoms with Gasteiger partial charge in [0, 0.05) is 43.7 Å². The lowest BCUT2D eigenvalue weighted by Gasteiger charge is -2.15. The Labute approximate surface area is 193 Å². The van der Waals surface area contributed by atoms with Crippen LogP contribution in [0.15, 0.2) is 54.9 Å². The van der Waals surface area contributed by atoms with Gasteiger partial charge in [-0.25, -0.2) is 4.98 Å². The third-order valence-corrected chi connectivity index (χ3v) is 4.44. The van der Waals surface area contributed by atoms with Crippen LogP contribution >= 0.6 is 0 Å². The maximum Gasteiger partial charge on any atom is 0.421 e. The Morgan fingerprint density at radius 1 is 0.971 bits per heavy atom. The standard InChI is InChI=1S/C22H22F3N7O2/c1-14(33)26-10-11-28-19-18(22(23,24)25)13-30-21(32-19)31-16-7-5-15(6-8-16)20(34)29-12-17-4-2-3-9-27-17/h2-9,13H,10-12H2,1H3,(H,26,33)(H,29,34)(H2,28,30,31,32). The van der Waals surface area contributed by atoms with Gasteiger partial charge in [0.25, 0.3) is 5.91 Å². The Balaban J connectivity index is 1.65. The second kappa shape index (κ2) is 11.1. The summed E-state index contributed by atoms with van der Waals surface area (Å²) in [5.41, 5.74) is 0.566. The summed E-state index contributed by atoms with van der Waals surface area (Å²) in [6.45, 7) is 1.75. The van der Waals surface area contributed by atoms with Crippen molar-refractivity contribution in [2.24, 2.45) is 0 Å². The number of carbonyl (C=O) groups excluding carboxylic acids is 2. The highest BCUT2D eigenvalue weighted by Crippen LogP contribution is 2.34. The van der Waals surface area contributed by atoms with Crippen LogP contribution in [-0.2, 0) is 17.5 Å². The van der Waals surface area contributed by atoms with Crippen LogP contribution in [0, 0.1) is 0 Å². The lowest BCUT2D eigenvalue weighted by atomic mass is 10.2. The zero-order valence-electron chi connectivity index (χ0n) is 18.1. The van der Waals surface area contributed by atoms with Gasteiger partial charge < -0.3 is 21.3 Å². The highest BCUT2D eigenvalue weighted by molar-refractivity contribution is 5.94. The van der Waals surface area contributed by atoms with Crippen molar-refractivity contribution in [3.63, 3.8) is 0 Å². The summed E-state index contributed by atoms with van der Waals surface area (Å²) in [5.74, 6) is -1.08. The van der Waals surface area contributed by atoms with E-state index in [1.807, 2.05) is 6.07 Å².